The van der Waals surface area contributed by atoms with Crippen LogP contribution in [-0.4, -0.2) is 18.4 Å². The fourth-order valence-electron chi connectivity index (χ4n) is 3.41. The Morgan fingerprint density at radius 1 is 1.11 bits per heavy atom. The van der Waals surface area contributed by atoms with Gasteiger partial charge in [-0.3, -0.25) is 9.59 Å². The summed E-state index contributed by atoms with van der Waals surface area (Å²) in [5.41, 5.74) is 5.29. The maximum absolute atomic E-state index is 12.6. The molecule has 1 heterocycles. The van der Waals surface area contributed by atoms with E-state index in [1.165, 1.54) is 24.0 Å². The third-order valence-corrected chi connectivity index (χ3v) is 5.34. The molecule has 1 aliphatic rings. The van der Waals surface area contributed by atoms with E-state index in [1.54, 1.807) is 4.90 Å². The average Bonchev–Trinajstić information content (AvgIpc) is 3.05. The molecule has 4 nitrogen and oxygen atoms in total. The van der Waals surface area contributed by atoms with E-state index in [2.05, 4.69) is 31.3 Å². The lowest BCUT2D eigenvalue weighted by molar-refractivity contribution is -0.122. The number of nitrogens with one attached hydrogen (secondary N) is 1. The number of amides is 2. The van der Waals surface area contributed by atoms with E-state index in [0.29, 0.717) is 6.54 Å². The number of carbonyl (C=O) groups is 2. The molecule has 0 aromatic heterocycles. The first kappa shape index (κ1) is 19.2. The zero-order chi connectivity index (χ0) is 19.4. The first-order valence-corrected chi connectivity index (χ1v) is 9.75. The standard InChI is InChI=1S/C23H28N2O2/c1-4-5-6-18-8-10-20(11-9-18)24-23(27)19-14-22(26)25(15-19)21-12-7-16(2)17(3)13-21/h7-13,19H,4-6,14-15H2,1-3H3,(H,24,27)/t19-/m0/s1. The number of benzene rings is 2. The van der Waals surface area contributed by atoms with Crippen molar-refractivity contribution in [3.05, 3.63) is 59.2 Å². The van der Waals surface area contributed by atoms with Crippen molar-refractivity contribution in [3.8, 4) is 0 Å². The average molecular weight is 364 g/mol. The molecular weight excluding hydrogens is 336 g/mol. The van der Waals surface area contributed by atoms with Gasteiger partial charge in [0.1, 0.15) is 0 Å². The minimum absolute atomic E-state index is 0.00770. The van der Waals surface area contributed by atoms with E-state index in [-0.39, 0.29) is 24.2 Å². The normalized spacial score (nSPS) is 16.6. The summed E-state index contributed by atoms with van der Waals surface area (Å²) in [5, 5.41) is 2.96. The lowest BCUT2D eigenvalue weighted by Gasteiger charge is -2.18. The van der Waals surface area contributed by atoms with Crippen LogP contribution in [0.2, 0.25) is 0 Å². The van der Waals surface area contributed by atoms with Gasteiger partial charge in [-0.25, -0.2) is 0 Å². The van der Waals surface area contributed by atoms with Gasteiger partial charge in [-0.1, -0.05) is 31.5 Å². The molecule has 0 spiro atoms. The number of anilines is 2. The minimum Gasteiger partial charge on any atom is -0.326 e. The van der Waals surface area contributed by atoms with Crippen molar-refractivity contribution in [2.45, 2.75) is 46.5 Å². The molecule has 1 aliphatic heterocycles. The molecule has 4 heteroatoms. The summed E-state index contributed by atoms with van der Waals surface area (Å²) in [4.78, 5) is 26.8. The number of carbonyl (C=O) groups excluding carboxylic acids is 2. The van der Waals surface area contributed by atoms with Crippen LogP contribution in [0.4, 0.5) is 11.4 Å². The Bertz CT molecular complexity index is 827. The zero-order valence-corrected chi connectivity index (χ0v) is 16.4. The maximum atomic E-state index is 12.6. The lowest BCUT2D eigenvalue weighted by atomic mass is 10.1. The number of unbranched alkanes of at least 4 members (excludes halogenated alkanes) is 1. The molecule has 0 unspecified atom stereocenters. The van der Waals surface area contributed by atoms with Crippen LogP contribution in [0.5, 0.6) is 0 Å². The van der Waals surface area contributed by atoms with E-state index in [9.17, 15) is 9.59 Å². The van der Waals surface area contributed by atoms with Gasteiger partial charge in [0.25, 0.3) is 0 Å². The monoisotopic (exact) mass is 364 g/mol. The van der Waals surface area contributed by atoms with Crippen molar-refractivity contribution in [2.24, 2.45) is 5.92 Å². The summed E-state index contributed by atoms with van der Waals surface area (Å²) in [6.45, 7) is 6.70. The SMILES string of the molecule is CCCCc1ccc(NC(=O)[C@H]2CC(=O)N(c3ccc(C)c(C)c3)C2)cc1. The summed E-state index contributed by atoms with van der Waals surface area (Å²) >= 11 is 0. The number of hydrogen-bond donors (Lipinski definition) is 1. The van der Waals surface area contributed by atoms with Gasteiger partial charge in [-0.2, -0.15) is 0 Å². The molecule has 0 radical (unpaired) electrons. The van der Waals surface area contributed by atoms with Gasteiger partial charge >= 0.3 is 0 Å². The smallest absolute Gasteiger partial charge is 0.229 e. The molecule has 0 aliphatic carbocycles. The molecule has 1 N–H and O–H groups in total. The molecule has 2 aromatic carbocycles. The largest absolute Gasteiger partial charge is 0.326 e. The van der Waals surface area contributed by atoms with Crippen molar-refractivity contribution in [1.82, 2.24) is 0 Å². The van der Waals surface area contributed by atoms with Gasteiger partial charge in [0, 0.05) is 24.3 Å². The molecule has 0 bridgehead atoms. The van der Waals surface area contributed by atoms with E-state index in [4.69, 9.17) is 0 Å². The molecule has 1 saturated heterocycles. The van der Waals surface area contributed by atoms with Gasteiger partial charge in [0.05, 0.1) is 5.92 Å². The first-order chi connectivity index (χ1) is 13.0. The molecule has 1 fully saturated rings. The van der Waals surface area contributed by atoms with Gasteiger partial charge < -0.3 is 10.2 Å². The Morgan fingerprint density at radius 2 is 1.85 bits per heavy atom. The molecule has 3 rings (SSSR count). The Balaban J connectivity index is 1.62. The van der Waals surface area contributed by atoms with E-state index in [1.807, 2.05) is 37.3 Å². The predicted octanol–water partition coefficient (Wildman–Crippen LogP) is 4.64. The minimum atomic E-state index is -0.320. The van der Waals surface area contributed by atoms with Gasteiger partial charge in [0.2, 0.25) is 11.8 Å². The van der Waals surface area contributed by atoms with Crippen LogP contribution in [0.3, 0.4) is 0 Å². The van der Waals surface area contributed by atoms with Crippen LogP contribution in [-0.2, 0) is 16.0 Å². The van der Waals surface area contributed by atoms with Crippen LogP contribution in [0.15, 0.2) is 42.5 Å². The highest BCUT2D eigenvalue weighted by atomic mass is 16.2. The number of rotatable bonds is 6. The maximum Gasteiger partial charge on any atom is 0.229 e. The number of nitrogens with zero attached hydrogens (tertiary/aromatic N) is 1. The van der Waals surface area contributed by atoms with Gasteiger partial charge in [0.15, 0.2) is 0 Å². The summed E-state index contributed by atoms with van der Waals surface area (Å²) in [5.74, 6) is -0.400. The highest BCUT2D eigenvalue weighted by Gasteiger charge is 2.35. The lowest BCUT2D eigenvalue weighted by Crippen LogP contribution is -2.28. The second-order valence-electron chi connectivity index (χ2n) is 7.46. The van der Waals surface area contributed by atoms with Crippen LogP contribution in [0.1, 0.15) is 42.9 Å². The second-order valence-corrected chi connectivity index (χ2v) is 7.46. The summed E-state index contributed by atoms with van der Waals surface area (Å²) < 4.78 is 0. The summed E-state index contributed by atoms with van der Waals surface area (Å²) in [6, 6.07) is 14.0. The highest BCUT2D eigenvalue weighted by molar-refractivity contribution is 6.03. The molecule has 2 aromatic rings. The quantitative estimate of drug-likeness (QED) is 0.812. The van der Waals surface area contributed by atoms with E-state index in [0.717, 1.165) is 23.4 Å². The molecule has 1 atom stereocenters. The van der Waals surface area contributed by atoms with E-state index < -0.39 is 0 Å². The second kappa shape index (κ2) is 8.38. The molecule has 0 saturated carbocycles. The third-order valence-electron chi connectivity index (χ3n) is 5.34. The fourth-order valence-corrected chi connectivity index (χ4v) is 3.41. The fraction of sp³-hybridized carbons (Fsp3) is 0.391. The van der Waals surface area contributed by atoms with Crippen LogP contribution >= 0.6 is 0 Å². The topological polar surface area (TPSA) is 49.4 Å². The van der Waals surface area contributed by atoms with Crippen molar-refractivity contribution in [2.75, 3.05) is 16.8 Å². The Morgan fingerprint density at radius 3 is 2.52 bits per heavy atom. The first-order valence-electron chi connectivity index (χ1n) is 9.75. The Labute approximate surface area is 161 Å². The Kier molecular flexibility index (Phi) is 5.94. The molecule has 27 heavy (non-hydrogen) atoms. The van der Waals surface area contributed by atoms with Gasteiger partial charge in [-0.15, -0.1) is 0 Å². The predicted molar refractivity (Wildman–Crippen MR) is 110 cm³/mol. The van der Waals surface area contributed by atoms with E-state index >= 15 is 0 Å². The van der Waals surface area contributed by atoms with Crippen molar-refractivity contribution in [3.63, 3.8) is 0 Å². The molecular formula is C23H28N2O2. The van der Waals surface area contributed by atoms with Crippen LogP contribution in [0, 0.1) is 19.8 Å². The number of aryl methyl sites for hydroxylation is 3. The molecule has 142 valence electrons. The van der Waals surface area contributed by atoms with Crippen LogP contribution in [0.25, 0.3) is 0 Å². The van der Waals surface area contributed by atoms with Crippen LogP contribution < -0.4 is 10.2 Å². The highest BCUT2D eigenvalue weighted by Crippen LogP contribution is 2.27. The Hall–Kier alpha value is -2.62. The number of hydrogen-bond acceptors (Lipinski definition) is 2. The zero-order valence-electron chi connectivity index (χ0n) is 16.4. The third kappa shape index (κ3) is 4.57. The van der Waals surface area contributed by atoms with Crippen molar-refractivity contribution in [1.29, 1.82) is 0 Å². The van der Waals surface area contributed by atoms with Gasteiger partial charge in [-0.05, 0) is 67.6 Å². The summed E-state index contributed by atoms with van der Waals surface area (Å²) in [6.07, 6.45) is 3.66. The summed E-state index contributed by atoms with van der Waals surface area (Å²) in [7, 11) is 0. The molecule has 2 amide bonds. The van der Waals surface area contributed by atoms with Crippen molar-refractivity contribution >= 4 is 23.2 Å². The van der Waals surface area contributed by atoms with Crippen molar-refractivity contribution < 1.29 is 9.59 Å².